The second-order valence-electron chi connectivity index (χ2n) is 6.05. The Kier molecular flexibility index (Phi) is 5.30. The van der Waals surface area contributed by atoms with Crippen molar-refractivity contribution in [2.45, 2.75) is 6.92 Å². The summed E-state index contributed by atoms with van der Waals surface area (Å²) in [4.78, 5) is 46.3. The molecule has 27 heavy (non-hydrogen) atoms. The van der Waals surface area contributed by atoms with Gasteiger partial charge >= 0.3 is 5.97 Å². The number of carbonyl (C=O) groups is 3. The molecule has 2 N–H and O–H groups in total. The Balaban J connectivity index is 1.66. The van der Waals surface area contributed by atoms with E-state index in [1.54, 1.807) is 19.1 Å². The van der Waals surface area contributed by atoms with Gasteiger partial charge in [0.25, 0.3) is 5.91 Å². The van der Waals surface area contributed by atoms with Gasteiger partial charge in [0.05, 0.1) is 0 Å². The number of nitrogens with zero attached hydrogens (tertiary/aromatic N) is 4. The zero-order valence-electron chi connectivity index (χ0n) is 14.8. The van der Waals surface area contributed by atoms with Crippen LogP contribution in [0, 0.1) is 0 Å². The van der Waals surface area contributed by atoms with Gasteiger partial charge in [0.2, 0.25) is 5.91 Å². The second-order valence-corrected chi connectivity index (χ2v) is 6.05. The highest BCUT2D eigenvalue weighted by molar-refractivity contribution is 6.08. The summed E-state index contributed by atoms with van der Waals surface area (Å²) < 4.78 is 0. The van der Waals surface area contributed by atoms with Crippen molar-refractivity contribution in [1.29, 1.82) is 0 Å². The largest absolute Gasteiger partial charge is 0.476 e. The van der Waals surface area contributed by atoms with Crippen molar-refractivity contribution in [3.05, 3.63) is 48.0 Å². The quantitative estimate of drug-likeness (QED) is 0.829. The number of amides is 2. The Bertz CT molecular complexity index is 860. The molecule has 1 aromatic heterocycles. The van der Waals surface area contributed by atoms with E-state index in [0.29, 0.717) is 18.8 Å². The molecule has 9 nitrogen and oxygen atoms in total. The lowest BCUT2D eigenvalue weighted by Gasteiger charge is -2.35. The van der Waals surface area contributed by atoms with Gasteiger partial charge in [-0.15, -0.1) is 0 Å². The maximum absolute atomic E-state index is 12.3. The highest BCUT2D eigenvalue weighted by atomic mass is 16.4. The van der Waals surface area contributed by atoms with E-state index in [-0.39, 0.29) is 11.6 Å². The van der Waals surface area contributed by atoms with Crippen LogP contribution in [0.3, 0.4) is 0 Å². The van der Waals surface area contributed by atoms with E-state index in [2.05, 4.69) is 20.2 Å². The first-order valence-corrected chi connectivity index (χ1v) is 8.42. The lowest BCUT2D eigenvalue weighted by atomic mass is 10.2. The van der Waals surface area contributed by atoms with E-state index in [0.717, 1.165) is 18.8 Å². The smallest absolute Gasteiger partial charge is 0.356 e. The highest BCUT2D eigenvalue weighted by Gasteiger charge is 2.20. The number of carboxylic acids is 1. The van der Waals surface area contributed by atoms with E-state index in [1.165, 1.54) is 12.4 Å². The standard InChI is InChI=1S/C18H19N5O4/c1-12(24)22-8-10-23(11-9-22)14-4-2-13(3-5-14)21-17(25)15-16(18(26)27)20-7-6-19-15/h2-7H,8-11H2,1H3,(H,21,25)(H,26,27). The van der Waals surface area contributed by atoms with Crippen LogP contribution in [-0.2, 0) is 4.79 Å². The molecule has 0 atom stereocenters. The minimum absolute atomic E-state index is 0.0810. The molecular weight excluding hydrogens is 350 g/mol. The number of nitrogens with one attached hydrogen (secondary N) is 1. The first-order chi connectivity index (χ1) is 13.0. The minimum atomic E-state index is -1.31. The number of hydrogen-bond acceptors (Lipinski definition) is 6. The first kappa shape index (κ1) is 18.3. The maximum atomic E-state index is 12.3. The second kappa shape index (κ2) is 7.81. The molecule has 0 radical (unpaired) electrons. The van der Waals surface area contributed by atoms with Gasteiger partial charge in [0, 0.05) is 56.9 Å². The van der Waals surface area contributed by atoms with Gasteiger partial charge in [-0.3, -0.25) is 9.59 Å². The molecule has 2 aromatic rings. The van der Waals surface area contributed by atoms with Crippen molar-refractivity contribution in [2.75, 3.05) is 36.4 Å². The number of carboxylic acid groups (broad SMARTS) is 1. The Morgan fingerprint density at radius 3 is 2.11 bits per heavy atom. The molecule has 1 aromatic carbocycles. The summed E-state index contributed by atoms with van der Waals surface area (Å²) in [7, 11) is 0. The Morgan fingerprint density at radius 1 is 0.963 bits per heavy atom. The van der Waals surface area contributed by atoms with Crippen LogP contribution < -0.4 is 10.2 Å². The number of rotatable bonds is 4. The minimum Gasteiger partial charge on any atom is -0.476 e. The average Bonchev–Trinajstić information content (AvgIpc) is 2.68. The van der Waals surface area contributed by atoms with Crippen LogP contribution in [0.25, 0.3) is 0 Å². The molecule has 3 rings (SSSR count). The number of aromatic nitrogens is 2. The van der Waals surface area contributed by atoms with Gasteiger partial charge < -0.3 is 20.2 Å². The summed E-state index contributed by atoms with van der Waals surface area (Å²) in [6.45, 7) is 4.41. The molecule has 9 heteroatoms. The number of anilines is 2. The van der Waals surface area contributed by atoms with Gasteiger partial charge in [-0.05, 0) is 24.3 Å². The summed E-state index contributed by atoms with van der Waals surface area (Å²) in [5, 5.41) is 11.7. The molecule has 1 aliphatic rings. The predicted octanol–water partition coefficient (Wildman–Crippen LogP) is 1.10. The molecule has 140 valence electrons. The monoisotopic (exact) mass is 369 g/mol. The van der Waals surface area contributed by atoms with Crippen molar-refractivity contribution in [2.24, 2.45) is 0 Å². The van der Waals surface area contributed by atoms with Crippen LogP contribution in [-0.4, -0.2) is 63.9 Å². The lowest BCUT2D eigenvalue weighted by molar-refractivity contribution is -0.129. The SMILES string of the molecule is CC(=O)N1CCN(c2ccc(NC(=O)c3nccnc3C(=O)O)cc2)CC1. The van der Waals surface area contributed by atoms with Crippen LogP contribution in [0.4, 0.5) is 11.4 Å². The van der Waals surface area contributed by atoms with Crippen LogP contribution in [0.15, 0.2) is 36.7 Å². The van der Waals surface area contributed by atoms with Crippen LogP contribution in [0.1, 0.15) is 27.9 Å². The van der Waals surface area contributed by atoms with E-state index < -0.39 is 17.6 Å². The molecule has 0 spiro atoms. The number of aromatic carboxylic acids is 1. The van der Waals surface area contributed by atoms with Crippen LogP contribution in [0.5, 0.6) is 0 Å². The average molecular weight is 369 g/mol. The Hall–Kier alpha value is -3.49. The molecular formula is C18H19N5O4. The third-order valence-corrected chi connectivity index (χ3v) is 4.33. The summed E-state index contributed by atoms with van der Waals surface area (Å²) in [5.41, 5.74) is 0.874. The third-order valence-electron chi connectivity index (χ3n) is 4.33. The van der Waals surface area contributed by atoms with Gasteiger partial charge in [-0.25, -0.2) is 14.8 Å². The zero-order valence-corrected chi connectivity index (χ0v) is 14.8. The van der Waals surface area contributed by atoms with E-state index in [1.807, 2.05) is 17.0 Å². The van der Waals surface area contributed by atoms with Gasteiger partial charge in [-0.2, -0.15) is 0 Å². The number of hydrogen-bond donors (Lipinski definition) is 2. The summed E-state index contributed by atoms with van der Waals surface area (Å²) in [5.74, 6) is -1.87. The number of piperazine rings is 1. The molecule has 0 aliphatic carbocycles. The molecule has 0 saturated carbocycles. The van der Waals surface area contributed by atoms with Crippen molar-refractivity contribution in [1.82, 2.24) is 14.9 Å². The third kappa shape index (κ3) is 4.20. The van der Waals surface area contributed by atoms with E-state index in [9.17, 15) is 14.4 Å². The first-order valence-electron chi connectivity index (χ1n) is 8.42. The molecule has 2 heterocycles. The highest BCUT2D eigenvalue weighted by Crippen LogP contribution is 2.20. The van der Waals surface area contributed by atoms with Crippen LogP contribution >= 0.6 is 0 Å². The molecule has 1 aliphatic heterocycles. The van der Waals surface area contributed by atoms with Gasteiger partial charge in [0.1, 0.15) is 0 Å². The van der Waals surface area contributed by atoms with Gasteiger partial charge in [0.15, 0.2) is 11.4 Å². The summed E-state index contributed by atoms with van der Waals surface area (Å²) in [6.07, 6.45) is 2.49. The molecule has 1 saturated heterocycles. The lowest BCUT2D eigenvalue weighted by Crippen LogP contribution is -2.48. The van der Waals surface area contributed by atoms with Gasteiger partial charge in [-0.1, -0.05) is 0 Å². The van der Waals surface area contributed by atoms with Crippen LogP contribution in [0.2, 0.25) is 0 Å². The molecule has 0 unspecified atom stereocenters. The van der Waals surface area contributed by atoms with Crippen molar-refractivity contribution in [3.8, 4) is 0 Å². The fraction of sp³-hybridized carbons (Fsp3) is 0.278. The molecule has 0 bridgehead atoms. The summed E-state index contributed by atoms with van der Waals surface area (Å²) >= 11 is 0. The molecule has 1 fully saturated rings. The van der Waals surface area contributed by atoms with E-state index in [4.69, 9.17) is 5.11 Å². The number of benzene rings is 1. The topological polar surface area (TPSA) is 116 Å². The van der Waals surface area contributed by atoms with Crippen molar-refractivity contribution < 1.29 is 19.5 Å². The fourth-order valence-corrected chi connectivity index (χ4v) is 2.89. The van der Waals surface area contributed by atoms with Crippen molar-refractivity contribution in [3.63, 3.8) is 0 Å². The normalized spacial score (nSPS) is 14.0. The summed E-state index contributed by atoms with van der Waals surface area (Å²) in [6, 6.07) is 7.21. The Morgan fingerprint density at radius 2 is 1.56 bits per heavy atom. The zero-order chi connectivity index (χ0) is 19.4. The number of carbonyl (C=O) groups excluding carboxylic acids is 2. The Labute approximate surface area is 155 Å². The molecule has 2 amide bonds. The van der Waals surface area contributed by atoms with Crippen molar-refractivity contribution >= 4 is 29.2 Å². The fourth-order valence-electron chi connectivity index (χ4n) is 2.89. The van der Waals surface area contributed by atoms with E-state index >= 15 is 0 Å². The predicted molar refractivity (Wildman–Crippen MR) is 97.9 cm³/mol. The maximum Gasteiger partial charge on any atom is 0.356 e.